The molecule has 0 saturated carbocycles. The van der Waals surface area contributed by atoms with Crippen molar-refractivity contribution in [2.45, 2.75) is 66.5 Å². The molecule has 1 heteroatoms. The van der Waals surface area contributed by atoms with Crippen LogP contribution in [-0.4, -0.2) is 23.5 Å². The molecule has 0 rings (SSSR count). The monoisotopic (exact) mass is 185 g/mol. The van der Waals surface area contributed by atoms with E-state index in [0.717, 1.165) is 5.92 Å². The van der Waals surface area contributed by atoms with Gasteiger partial charge in [-0.2, -0.15) is 0 Å². The molecule has 0 N–H and O–H groups in total. The fourth-order valence-corrected chi connectivity index (χ4v) is 1.96. The van der Waals surface area contributed by atoms with Gasteiger partial charge in [-0.15, -0.1) is 0 Å². The summed E-state index contributed by atoms with van der Waals surface area (Å²) in [6.07, 6.45) is 2.67. The second kappa shape index (κ2) is 6.42. The second-order valence-corrected chi connectivity index (χ2v) is 4.78. The Morgan fingerprint density at radius 2 is 1.38 bits per heavy atom. The van der Waals surface area contributed by atoms with Gasteiger partial charge in [0.2, 0.25) is 0 Å². The zero-order valence-electron chi connectivity index (χ0n) is 10.3. The Morgan fingerprint density at radius 1 is 0.923 bits per heavy atom. The summed E-state index contributed by atoms with van der Waals surface area (Å²) in [5.74, 6) is 0.842. The van der Waals surface area contributed by atoms with Crippen LogP contribution in [0, 0.1) is 5.92 Å². The van der Waals surface area contributed by atoms with Crippen LogP contribution in [0.3, 0.4) is 0 Å². The molecule has 0 fully saturated rings. The normalized spacial score (nSPS) is 14.5. The van der Waals surface area contributed by atoms with Gasteiger partial charge in [-0.3, -0.25) is 4.90 Å². The van der Waals surface area contributed by atoms with Gasteiger partial charge >= 0.3 is 0 Å². The summed E-state index contributed by atoms with van der Waals surface area (Å²) >= 11 is 0. The summed E-state index contributed by atoms with van der Waals surface area (Å²) in [6.45, 7) is 15.0. The van der Waals surface area contributed by atoms with Gasteiger partial charge in [-0.25, -0.2) is 0 Å². The third-order valence-corrected chi connectivity index (χ3v) is 2.63. The highest BCUT2D eigenvalue weighted by atomic mass is 15.2. The van der Waals surface area contributed by atoms with Gasteiger partial charge < -0.3 is 0 Å². The molecule has 1 nitrogen and oxygen atoms in total. The van der Waals surface area contributed by atoms with Gasteiger partial charge in [-0.1, -0.05) is 20.3 Å². The maximum Gasteiger partial charge on any atom is 0.00414 e. The minimum atomic E-state index is 0.680. The van der Waals surface area contributed by atoms with Crippen molar-refractivity contribution in [2.75, 3.05) is 6.54 Å². The lowest BCUT2D eigenvalue weighted by atomic mass is 10.0. The molecule has 0 aromatic rings. The first-order valence-electron chi connectivity index (χ1n) is 5.74. The molecule has 0 spiro atoms. The number of hydrogen-bond acceptors (Lipinski definition) is 1. The van der Waals surface area contributed by atoms with E-state index in [4.69, 9.17) is 0 Å². The fraction of sp³-hybridized carbons (Fsp3) is 1.00. The average Bonchev–Trinajstić information content (AvgIpc) is 1.99. The van der Waals surface area contributed by atoms with E-state index in [9.17, 15) is 0 Å². The smallest absolute Gasteiger partial charge is 0.00414 e. The quantitative estimate of drug-likeness (QED) is 0.612. The third-order valence-electron chi connectivity index (χ3n) is 2.63. The van der Waals surface area contributed by atoms with Gasteiger partial charge in [0.05, 0.1) is 0 Å². The maximum absolute atomic E-state index is 2.58. The first-order chi connectivity index (χ1) is 5.99. The Bertz CT molecular complexity index is 110. The zero-order chi connectivity index (χ0) is 10.4. The molecule has 0 aromatic carbocycles. The Balaban J connectivity index is 3.94. The summed E-state index contributed by atoms with van der Waals surface area (Å²) in [5, 5.41) is 0. The molecule has 0 heterocycles. The van der Waals surface area contributed by atoms with E-state index in [1.165, 1.54) is 19.4 Å². The molecule has 0 radical (unpaired) electrons. The van der Waals surface area contributed by atoms with Gasteiger partial charge in [-0.05, 0) is 40.0 Å². The molecule has 0 aromatic heterocycles. The van der Waals surface area contributed by atoms with Crippen LogP contribution in [0.15, 0.2) is 0 Å². The van der Waals surface area contributed by atoms with Crippen molar-refractivity contribution >= 4 is 0 Å². The van der Waals surface area contributed by atoms with E-state index < -0.39 is 0 Å². The van der Waals surface area contributed by atoms with Gasteiger partial charge in [0.25, 0.3) is 0 Å². The number of hydrogen-bond donors (Lipinski definition) is 0. The van der Waals surface area contributed by atoms with Crippen LogP contribution in [0.25, 0.3) is 0 Å². The van der Waals surface area contributed by atoms with Crippen LogP contribution < -0.4 is 0 Å². The van der Waals surface area contributed by atoms with Crippen molar-refractivity contribution in [2.24, 2.45) is 5.92 Å². The molecular weight excluding hydrogens is 158 g/mol. The molecule has 0 aliphatic carbocycles. The van der Waals surface area contributed by atoms with Gasteiger partial charge in [0.1, 0.15) is 0 Å². The highest BCUT2D eigenvalue weighted by Crippen LogP contribution is 2.12. The summed E-state index contributed by atoms with van der Waals surface area (Å²) in [6, 6.07) is 1.36. The molecule has 0 bridgehead atoms. The van der Waals surface area contributed by atoms with Gasteiger partial charge in [0.15, 0.2) is 0 Å². The molecule has 1 unspecified atom stereocenters. The van der Waals surface area contributed by atoms with Crippen LogP contribution in [0.1, 0.15) is 54.4 Å². The summed E-state index contributed by atoms with van der Waals surface area (Å²) in [7, 11) is 0. The Labute approximate surface area is 84.5 Å². The van der Waals surface area contributed by atoms with Crippen molar-refractivity contribution < 1.29 is 0 Å². The highest BCUT2D eigenvalue weighted by Gasteiger charge is 2.15. The minimum Gasteiger partial charge on any atom is -0.298 e. The predicted octanol–water partition coefficient (Wildman–Crippen LogP) is 3.54. The molecule has 0 aliphatic rings. The van der Waals surface area contributed by atoms with E-state index in [1.54, 1.807) is 0 Å². The SMILES string of the molecule is CCCC(C)CN(C(C)C)C(C)C. The zero-order valence-corrected chi connectivity index (χ0v) is 10.3. The van der Waals surface area contributed by atoms with Crippen molar-refractivity contribution in [3.8, 4) is 0 Å². The van der Waals surface area contributed by atoms with Crippen molar-refractivity contribution in [3.05, 3.63) is 0 Å². The second-order valence-electron chi connectivity index (χ2n) is 4.78. The van der Waals surface area contributed by atoms with Crippen LogP contribution in [0.5, 0.6) is 0 Å². The largest absolute Gasteiger partial charge is 0.298 e. The van der Waals surface area contributed by atoms with E-state index in [-0.39, 0.29) is 0 Å². The first-order valence-corrected chi connectivity index (χ1v) is 5.74. The minimum absolute atomic E-state index is 0.680. The van der Waals surface area contributed by atoms with Crippen LogP contribution in [-0.2, 0) is 0 Å². The Hall–Kier alpha value is -0.0400. The Morgan fingerprint density at radius 3 is 1.69 bits per heavy atom. The summed E-state index contributed by atoms with van der Waals surface area (Å²) in [5.41, 5.74) is 0. The van der Waals surface area contributed by atoms with Crippen LogP contribution in [0.2, 0.25) is 0 Å². The summed E-state index contributed by atoms with van der Waals surface area (Å²) < 4.78 is 0. The number of rotatable bonds is 6. The fourth-order valence-electron chi connectivity index (χ4n) is 1.96. The van der Waals surface area contributed by atoms with Gasteiger partial charge in [0, 0.05) is 18.6 Å². The molecule has 0 aliphatic heterocycles. The predicted molar refractivity (Wildman–Crippen MR) is 61.1 cm³/mol. The van der Waals surface area contributed by atoms with Crippen molar-refractivity contribution in [1.82, 2.24) is 4.90 Å². The lowest BCUT2D eigenvalue weighted by Gasteiger charge is -2.32. The summed E-state index contributed by atoms with van der Waals surface area (Å²) in [4.78, 5) is 2.58. The molecule has 0 amide bonds. The molecular formula is C12H27N. The van der Waals surface area contributed by atoms with E-state index >= 15 is 0 Å². The van der Waals surface area contributed by atoms with Crippen molar-refractivity contribution in [1.29, 1.82) is 0 Å². The molecule has 1 atom stereocenters. The average molecular weight is 185 g/mol. The van der Waals surface area contributed by atoms with E-state index in [0.29, 0.717) is 12.1 Å². The third kappa shape index (κ3) is 5.30. The highest BCUT2D eigenvalue weighted by molar-refractivity contribution is 4.69. The lowest BCUT2D eigenvalue weighted by Crippen LogP contribution is -2.39. The Kier molecular flexibility index (Phi) is 6.40. The number of nitrogens with zero attached hydrogens (tertiary/aromatic N) is 1. The van der Waals surface area contributed by atoms with E-state index in [1.807, 2.05) is 0 Å². The lowest BCUT2D eigenvalue weighted by molar-refractivity contribution is 0.147. The van der Waals surface area contributed by atoms with Crippen LogP contribution >= 0.6 is 0 Å². The molecule has 80 valence electrons. The van der Waals surface area contributed by atoms with Crippen molar-refractivity contribution in [3.63, 3.8) is 0 Å². The topological polar surface area (TPSA) is 3.24 Å². The first kappa shape index (κ1) is 13.0. The van der Waals surface area contributed by atoms with E-state index in [2.05, 4.69) is 46.4 Å². The molecule has 0 saturated heterocycles. The van der Waals surface area contributed by atoms with Crippen LogP contribution in [0.4, 0.5) is 0 Å². The standard InChI is InChI=1S/C12H27N/c1-7-8-12(6)9-13(10(2)3)11(4)5/h10-12H,7-9H2,1-6H3. The molecule has 13 heavy (non-hydrogen) atoms. The maximum atomic E-state index is 2.58.